The summed E-state index contributed by atoms with van der Waals surface area (Å²) >= 11 is 0. The molecule has 0 saturated heterocycles. The van der Waals surface area contributed by atoms with Crippen LogP contribution in [0, 0.1) is 71.0 Å². The van der Waals surface area contributed by atoms with Gasteiger partial charge < -0.3 is 92.9 Å². The third kappa shape index (κ3) is 233. The van der Waals surface area contributed by atoms with Crippen molar-refractivity contribution in [1.82, 2.24) is 0 Å². The van der Waals surface area contributed by atoms with Crippen molar-refractivity contribution >= 4 is 0 Å². The minimum atomic E-state index is 0. The van der Waals surface area contributed by atoms with Crippen molar-refractivity contribution in [1.29, 1.82) is 31.6 Å². The van der Waals surface area contributed by atoms with E-state index in [1.807, 2.05) is 0 Å². The standard InChI is InChI=1S/6CN.Fe.4H2O/c6*1-2;;;;;/h;;;;;;;4*1H2/q6*-1;+6;;;;. The van der Waals surface area contributed by atoms with Crippen molar-refractivity contribution in [2.45, 2.75) is 0 Å². The molecule has 11 heteroatoms. The molecule has 8 N–H and O–H groups in total. The topological polar surface area (TPSA) is 269 Å². The minimum Gasteiger partial charge on any atom is -0.512 e. The predicted octanol–water partition coefficient (Wildman–Crippen LogP) is -2.72. The average molecular weight is 284 g/mol. The molecule has 0 radical (unpaired) electrons. The van der Waals surface area contributed by atoms with Gasteiger partial charge in [0.1, 0.15) is 0 Å². The van der Waals surface area contributed by atoms with E-state index in [-0.39, 0.29) is 39.0 Å². The summed E-state index contributed by atoms with van der Waals surface area (Å²) in [7, 11) is 0. The van der Waals surface area contributed by atoms with Gasteiger partial charge >= 0.3 is 17.1 Å². The van der Waals surface area contributed by atoms with E-state index in [0.29, 0.717) is 0 Å². The summed E-state index contributed by atoms with van der Waals surface area (Å²) in [6, 6.07) is 0. The molecular weight excluding hydrogens is 276 g/mol. The molecule has 0 atom stereocenters. The van der Waals surface area contributed by atoms with Gasteiger partial charge in [-0.2, -0.15) is 0 Å². The molecule has 0 unspecified atom stereocenters. The molecule has 0 spiro atoms. The number of hydrogen-bond donors (Lipinski definition) is 0. The Morgan fingerprint density at radius 1 is 0.294 bits per heavy atom. The zero-order valence-corrected chi connectivity index (χ0v) is 9.14. The van der Waals surface area contributed by atoms with Gasteiger partial charge in [0.2, 0.25) is 0 Å². The SMILES string of the molecule is O.O.O.O.[C-]#N.[C-]#N.[C-]#N.[C-]#N.[C-]#N.[C-]#N.[Fe+6]. The van der Waals surface area contributed by atoms with Gasteiger partial charge in [0, 0.05) is 0 Å². The molecule has 0 rings (SSSR count). The Morgan fingerprint density at radius 3 is 0.294 bits per heavy atom. The van der Waals surface area contributed by atoms with Gasteiger partial charge in [-0.1, -0.05) is 0 Å². The van der Waals surface area contributed by atoms with E-state index in [1.165, 1.54) is 0 Å². The van der Waals surface area contributed by atoms with Crippen molar-refractivity contribution in [2.24, 2.45) is 0 Å². The summed E-state index contributed by atoms with van der Waals surface area (Å²) in [5.41, 5.74) is 0. The second-order valence-electron chi connectivity index (χ2n) is 0. The van der Waals surface area contributed by atoms with Crippen molar-refractivity contribution in [3.8, 4) is 0 Å². The molecule has 94 valence electrons. The van der Waals surface area contributed by atoms with Crippen LogP contribution in [0.3, 0.4) is 0 Å². The molecule has 0 saturated carbocycles. The monoisotopic (exact) mass is 284 g/mol. The Kier molecular flexibility index (Phi) is 3770. The van der Waals surface area contributed by atoms with E-state index < -0.39 is 0 Å². The second kappa shape index (κ2) is 276. The summed E-state index contributed by atoms with van der Waals surface area (Å²) in [4.78, 5) is 0. The van der Waals surface area contributed by atoms with Crippen LogP contribution >= 0.6 is 0 Å². The van der Waals surface area contributed by atoms with E-state index in [2.05, 4.69) is 0 Å². The molecule has 0 fully saturated rings. The van der Waals surface area contributed by atoms with Crippen molar-refractivity contribution in [2.75, 3.05) is 0 Å². The van der Waals surface area contributed by atoms with Crippen LogP contribution in [0.1, 0.15) is 0 Å². The van der Waals surface area contributed by atoms with Gasteiger partial charge in [-0.15, -0.1) is 0 Å². The van der Waals surface area contributed by atoms with Crippen molar-refractivity contribution in [3.05, 3.63) is 39.4 Å². The molecule has 0 aliphatic carbocycles. The Balaban J connectivity index is -0.00000000267. The summed E-state index contributed by atoms with van der Waals surface area (Å²) in [5.74, 6) is 0. The van der Waals surface area contributed by atoms with E-state index in [9.17, 15) is 0 Å². The van der Waals surface area contributed by atoms with Crippen LogP contribution in [0.25, 0.3) is 0 Å². The molecule has 17 heavy (non-hydrogen) atoms. The zero-order chi connectivity index (χ0) is 12.0. The second-order valence-corrected chi connectivity index (χ2v) is 0. The number of hydrogen-bond acceptors (Lipinski definition) is 6. The first kappa shape index (κ1) is 232. The van der Waals surface area contributed by atoms with Gasteiger partial charge in [0.25, 0.3) is 0 Å². The van der Waals surface area contributed by atoms with Crippen LogP contribution < -0.4 is 0 Å². The first-order valence-corrected chi connectivity index (χ1v) is 1.34. The molecule has 0 aromatic heterocycles. The molecule has 0 bridgehead atoms. The van der Waals surface area contributed by atoms with E-state index >= 15 is 0 Å². The smallest absolute Gasteiger partial charge is 0.512 e. The molecule has 0 aromatic rings. The summed E-state index contributed by atoms with van der Waals surface area (Å²) in [5, 5.41) is 37.5. The predicted molar refractivity (Wildman–Crippen MR) is 44.3 cm³/mol. The minimum absolute atomic E-state index is 0. The van der Waals surface area contributed by atoms with Crippen molar-refractivity contribution in [3.63, 3.8) is 0 Å². The average Bonchev–Trinajstić information content (AvgIpc) is 2.33. The van der Waals surface area contributed by atoms with Crippen LogP contribution in [0.15, 0.2) is 0 Å². The van der Waals surface area contributed by atoms with Crippen LogP contribution in [0.2, 0.25) is 0 Å². The van der Waals surface area contributed by atoms with E-state index in [0.717, 1.165) is 0 Å². The van der Waals surface area contributed by atoms with Gasteiger partial charge in [-0.3, -0.25) is 0 Å². The summed E-state index contributed by atoms with van der Waals surface area (Å²) in [6.45, 7) is 28.5. The molecule has 0 amide bonds. The van der Waals surface area contributed by atoms with Crippen LogP contribution in [-0.2, 0) is 17.1 Å². The normalized spacial score (nSPS) is 0.706. The maximum Gasteiger partial charge on any atom is 6.00 e. The maximum absolute atomic E-state index is 6.25. The maximum atomic E-state index is 6.25. The molecule has 0 aliphatic heterocycles. The fraction of sp³-hybridized carbons (Fsp3) is 0. The largest absolute Gasteiger partial charge is 6.00 e. The van der Waals surface area contributed by atoms with Crippen LogP contribution in [-0.4, -0.2) is 21.9 Å². The van der Waals surface area contributed by atoms with E-state index in [1.54, 1.807) is 0 Å². The molecule has 0 aromatic carbocycles. The fourth-order valence-electron chi connectivity index (χ4n) is 0. The Hall–Kier alpha value is -2.70. The van der Waals surface area contributed by atoms with Gasteiger partial charge in [-0.25, -0.2) is 0 Å². The van der Waals surface area contributed by atoms with Crippen LogP contribution in [0.4, 0.5) is 0 Å². The molecule has 0 heterocycles. The third-order valence-corrected chi connectivity index (χ3v) is 0. The summed E-state index contributed by atoms with van der Waals surface area (Å²) in [6.07, 6.45) is 0. The first-order valence-electron chi connectivity index (χ1n) is 1.34. The Bertz CT molecular complexity index is 106. The first-order chi connectivity index (χ1) is 6.00. The summed E-state index contributed by atoms with van der Waals surface area (Å²) < 4.78 is 0. The fourth-order valence-corrected chi connectivity index (χ4v) is 0. The Labute approximate surface area is 110 Å². The van der Waals surface area contributed by atoms with Gasteiger partial charge in [-0.05, 0) is 0 Å². The van der Waals surface area contributed by atoms with E-state index in [4.69, 9.17) is 71.0 Å². The third-order valence-electron chi connectivity index (χ3n) is 0. The molecular formula is C6H8FeN6O4. The van der Waals surface area contributed by atoms with Crippen molar-refractivity contribution < 1.29 is 39.0 Å². The van der Waals surface area contributed by atoms with Crippen LogP contribution in [0.5, 0.6) is 0 Å². The Morgan fingerprint density at radius 2 is 0.294 bits per heavy atom. The molecule has 10 nitrogen and oxygen atoms in total. The quantitative estimate of drug-likeness (QED) is 0.336. The number of rotatable bonds is 0. The molecule has 0 aliphatic rings. The van der Waals surface area contributed by atoms with Gasteiger partial charge in [0.15, 0.2) is 0 Å². The number of nitrogens with zero attached hydrogens (tertiary/aromatic N) is 6. The zero-order valence-electron chi connectivity index (χ0n) is 8.04. The van der Waals surface area contributed by atoms with Gasteiger partial charge in [0.05, 0.1) is 0 Å².